The predicted octanol–water partition coefficient (Wildman–Crippen LogP) is 1.94. The molecule has 1 saturated heterocycles. The van der Waals surface area contributed by atoms with E-state index < -0.39 is 31.0 Å². The van der Waals surface area contributed by atoms with Crippen molar-refractivity contribution in [3.63, 3.8) is 0 Å². The number of hydrogen-bond acceptors (Lipinski definition) is 2. The molecule has 0 aromatic rings. The normalized spacial score (nSPS) is 26.4. The molecule has 0 unspecified atom stereocenters. The Kier molecular flexibility index (Phi) is 3.49. The maximum absolute atomic E-state index is 12.9. The highest BCUT2D eigenvalue weighted by atomic mass is 19.4. The lowest BCUT2D eigenvalue weighted by Crippen LogP contribution is -2.53. The molecule has 1 aliphatic heterocycles. The average molecular weight is 238 g/mol. The largest absolute Gasteiger partial charge is 0.425 e. The molecule has 0 amide bonds. The molecule has 1 fully saturated rings. The van der Waals surface area contributed by atoms with E-state index in [2.05, 4.69) is 9.47 Å². The third kappa shape index (κ3) is 2.75. The summed E-state index contributed by atoms with van der Waals surface area (Å²) in [7, 11) is 0. The maximum atomic E-state index is 12.9. The van der Waals surface area contributed by atoms with Gasteiger partial charge in [-0.25, -0.2) is 4.39 Å². The molecule has 0 bridgehead atoms. The van der Waals surface area contributed by atoms with Gasteiger partial charge in [0.15, 0.2) is 0 Å². The fourth-order valence-corrected chi connectivity index (χ4v) is 1.09. The second-order valence-electron chi connectivity index (χ2n) is 3.01. The molecule has 1 rings (SSSR count). The predicted molar refractivity (Wildman–Crippen MR) is 36.5 cm³/mol. The summed E-state index contributed by atoms with van der Waals surface area (Å²) in [6, 6.07) is 0. The van der Waals surface area contributed by atoms with E-state index in [0.29, 0.717) is 0 Å². The quantitative estimate of drug-likeness (QED) is 0.684. The zero-order valence-corrected chi connectivity index (χ0v) is 7.36. The van der Waals surface area contributed by atoms with Gasteiger partial charge in [0.1, 0.15) is 6.10 Å². The van der Waals surface area contributed by atoms with E-state index in [9.17, 15) is 26.3 Å². The first-order chi connectivity index (χ1) is 6.76. The van der Waals surface area contributed by atoms with Crippen LogP contribution < -0.4 is 0 Å². The molecular formula is C7H8F6O2. The molecule has 2 atom stereocenters. The summed E-state index contributed by atoms with van der Waals surface area (Å²) in [6.07, 6.45) is -12.0. The lowest BCUT2D eigenvalue weighted by molar-refractivity contribution is -0.286. The van der Waals surface area contributed by atoms with Gasteiger partial charge >= 0.3 is 12.1 Å². The maximum Gasteiger partial charge on any atom is 0.425 e. The zero-order chi connectivity index (χ0) is 11.7. The van der Waals surface area contributed by atoms with Crippen LogP contribution in [0.15, 0.2) is 0 Å². The number of rotatable bonds is 2. The first-order valence-electron chi connectivity index (χ1n) is 4.04. The molecule has 15 heavy (non-hydrogen) atoms. The monoisotopic (exact) mass is 238 g/mol. The fourth-order valence-electron chi connectivity index (χ4n) is 1.09. The highest BCUT2D eigenvalue weighted by molar-refractivity contribution is 4.90. The van der Waals surface area contributed by atoms with E-state index in [0.717, 1.165) is 0 Å². The van der Waals surface area contributed by atoms with Gasteiger partial charge in [0.05, 0.1) is 19.8 Å². The Balaban J connectivity index is 2.71. The van der Waals surface area contributed by atoms with E-state index in [-0.39, 0.29) is 13.2 Å². The summed E-state index contributed by atoms with van der Waals surface area (Å²) in [5.41, 5.74) is 0. The molecule has 0 aromatic heterocycles. The van der Waals surface area contributed by atoms with Crippen LogP contribution in [0.1, 0.15) is 0 Å². The van der Waals surface area contributed by atoms with Crippen molar-refractivity contribution in [1.82, 2.24) is 0 Å². The lowest BCUT2D eigenvalue weighted by Gasteiger charge is -2.32. The van der Waals surface area contributed by atoms with Crippen molar-refractivity contribution in [3.05, 3.63) is 0 Å². The molecule has 2 nitrogen and oxygen atoms in total. The standard InChI is InChI=1S/C7H8F6O2/c8-5(7(11,12)13)6(9,10)4-3-14-1-2-15-4/h4-5H,1-3H2/t4-,5-/m1/s1. The summed E-state index contributed by atoms with van der Waals surface area (Å²) in [6.45, 7) is -1.01. The van der Waals surface area contributed by atoms with Gasteiger partial charge in [0.2, 0.25) is 0 Å². The number of alkyl halides is 6. The Morgan fingerprint density at radius 3 is 2.07 bits per heavy atom. The van der Waals surface area contributed by atoms with Gasteiger partial charge < -0.3 is 9.47 Å². The SMILES string of the molecule is F[C@@H](C(F)(F)F)C(F)(F)[C@H]1COCCO1. The molecule has 1 heterocycles. The Hall–Kier alpha value is -0.500. The summed E-state index contributed by atoms with van der Waals surface area (Å²) in [4.78, 5) is 0. The molecular weight excluding hydrogens is 230 g/mol. The average Bonchev–Trinajstić information content (AvgIpc) is 2.16. The lowest BCUT2D eigenvalue weighted by atomic mass is 10.1. The first-order valence-corrected chi connectivity index (χ1v) is 4.04. The van der Waals surface area contributed by atoms with Crippen LogP contribution in [0.3, 0.4) is 0 Å². The van der Waals surface area contributed by atoms with Crippen LogP contribution in [0.5, 0.6) is 0 Å². The van der Waals surface area contributed by atoms with Gasteiger partial charge in [-0.15, -0.1) is 0 Å². The summed E-state index contributed by atoms with van der Waals surface area (Å²) in [5, 5.41) is 0. The van der Waals surface area contributed by atoms with Crippen molar-refractivity contribution in [3.8, 4) is 0 Å². The third-order valence-corrected chi connectivity index (χ3v) is 1.87. The van der Waals surface area contributed by atoms with Crippen molar-refractivity contribution in [2.75, 3.05) is 19.8 Å². The number of hydrogen-bond donors (Lipinski definition) is 0. The molecule has 8 heteroatoms. The highest BCUT2D eigenvalue weighted by Gasteiger charge is 2.61. The minimum Gasteiger partial charge on any atom is -0.376 e. The van der Waals surface area contributed by atoms with Crippen molar-refractivity contribution >= 4 is 0 Å². The molecule has 90 valence electrons. The summed E-state index contributed by atoms with van der Waals surface area (Å²) in [5.74, 6) is -4.63. The zero-order valence-electron chi connectivity index (χ0n) is 7.36. The molecule has 0 saturated carbocycles. The number of ether oxygens (including phenoxy) is 2. The fraction of sp³-hybridized carbons (Fsp3) is 1.00. The second-order valence-corrected chi connectivity index (χ2v) is 3.01. The summed E-state index contributed by atoms with van der Waals surface area (Å²) >= 11 is 0. The van der Waals surface area contributed by atoms with Gasteiger partial charge in [0.25, 0.3) is 6.17 Å². The minimum absolute atomic E-state index is 0.00947. The van der Waals surface area contributed by atoms with Crippen molar-refractivity contribution in [1.29, 1.82) is 0 Å². The summed E-state index contributed by atoms with van der Waals surface area (Å²) < 4.78 is 82.3. The van der Waals surface area contributed by atoms with E-state index in [1.165, 1.54) is 0 Å². The number of halogens is 6. The molecule has 0 aromatic carbocycles. The second kappa shape index (κ2) is 4.17. The van der Waals surface area contributed by atoms with Gasteiger partial charge in [-0.2, -0.15) is 22.0 Å². The van der Waals surface area contributed by atoms with E-state index in [4.69, 9.17) is 0 Å². The Morgan fingerprint density at radius 1 is 1.07 bits per heavy atom. The van der Waals surface area contributed by atoms with Crippen LogP contribution in [0, 0.1) is 0 Å². The first kappa shape index (κ1) is 12.6. The topological polar surface area (TPSA) is 18.5 Å². The van der Waals surface area contributed by atoms with Gasteiger partial charge in [-0.3, -0.25) is 0 Å². The van der Waals surface area contributed by atoms with Crippen LogP contribution >= 0.6 is 0 Å². The highest BCUT2D eigenvalue weighted by Crippen LogP contribution is 2.38. The van der Waals surface area contributed by atoms with Gasteiger partial charge in [-0.05, 0) is 0 Å². The Labute approximate surface area is 81.1 Å². The molecule has 1 aliphatic rings. The van der Waals surface area contributed by atoms with Crippen LogP contribution in [-0.2, 0) is 9.47 Å². The molecule has 0 aliphatic carbocycles. The van der Waals surface area contributed by atoms with E-state index in [1.807, 2.05) is 0 Å². The van der Waals surface area contributed by atoms with Gasteiger partial charge in [-0.1, -0.05) is 0 Å². The van der Waals surface area contributed by atoms with Crippen LogP contribution in [-0.4, -0.2) is 44.2 Å². The van der Waals surface area contributed by atoms with Crippen molar-refractivity contribution in [2.24, 2.45) is 0 Å². The van der Waals surface area contributed by atoms with Crippen molar-refractivity contribution < 1.29 is 35.8 Å². The Morgan fingerprint density at radius 2 is 1.67 bits per heavy atom. The smallest absolute Gasteiger partial charge is 0.376 e. The Bertz CT molecular complexity index is 210. The minimum atomic E-state index is -5.61. The molecule has 0 radical (unpaired) electrons. The molecule has 0 N–H and O–H groups in total. The van der Waals surface area contributed by atoms with Crippen molar-refractivity contribution in [2.45, 2.75) is 24.4 Å². The van der Waals surface area contributed by atoms with Gasteiger partial charge in [0, 0.05) is 0 Å². The van der Waals surface area contributed by atoms with Crippen LogP contribution in [0.2, 0.25) is 0 Å². The van der Waals surface area contributed by atoms with E-state index >= 15 is 0 Å². The van der Waals surface area contributed by atoms with Crippen LogP contribution in [0.25, 0.3) is 0 Å². The molecule has 0 spiro atoms. The van der Waals surface area contributed by atoms with E-state index in [1.54, 1.807) is 0 Å². The van der Waals surface area contributed by atoms with Crippen LogP contribution in [0.4, 0.5) is 26.3 Å². The third-order valence-electron chi connectivity index (χ3n) is 1.87.